The van der Waals surface area contributed by atoms with Crippen LogP contribution in [0, 0.1) is 5.82 Å². The highest BCUT2D eigenvalue weighted by molar-refractivity contribution is 5.94. The number of likely N-dealkylation sites (tertiary alicyclic amines) is 1. The van der Waals surface area contributed by atoms with Gasteiger partial charge in [-0.15, -0.1) is 0 Å². The van der Waals surface area contributed by atoms with E-state index in [-0.39, 0.29) is 29.7 Å². The van der Waals surface area contributed by atoms with Gasteiger partial charge in [0, 0.05) is 24.1 Å². The molecule has 1 aliphatic heterocycles. The van der Waals surface area contributed by atoms with Gasteiger partial charge in [0.05, 0.1) is 6.04 Å². The summed E-state index contributed by atoms with van der Waals surface area (Å²) in [6.07, 6.45) is 0.698. The van der Waals surface area contributed by atoms with Crippen molar-refractivity contribution in [1.29, 1.82) is 0 Å². The molecule has 1 fully saturated rings. The number of aromatic nitrogens is 2. The van der Waals surface area contributed by atoms with Crippen molar-refractivity contribution in [1.82, 2.24) is 20.4 Å². The first-order valence-corrected chi connectivity index (χ1v) is 8.04. The maximum absolute atomic E-state index is 12.9. The van der Waals surface area contributed by atoms with E-state index in [1.54, 1.807) is 0 Å². The molecule has 1 N–H and O–H groups in total. The smallest absolute Gasteiger partial charge is 0.251 e. The van der Waals surface area contributed by atoms with Crippen LogP contribution in [-0.4, -0.2) is 40.6 Å². The fourth-order valence-corrected chi connectivity index (χ4v) is 2.88. The van der Waals surface area contributed by atoms with Crippen molar-refractivity contribution in [3.8, 4) is 0 Å². The van der Waals surface area contributed by atoms with Crippen LogP contribution in [0.5, 0.6) is 0 Å². The highest BCUT2D eigenvalue weighted by atomic mass is 19.1. The summed E-state index contributed by atoms with van der Waals surface area (Å²) in [5.74, 6) is 0.923. The Labute approximate surface area is 140 Å². The minimum absolute atomic E-state index is 0.0106. The van der Waals surface area contributed by atoms with Gasteiger partial charge in [0.25, 0.3) is 5.91 Å². The maximum Gasteiger partial charge on any atom is 0.251 e. The molecule has 2 heterocycles. The summed E-state index contributed by atoms with van der Waals surface area (Å²) in [6.45, 7) is 4.72. The van der Waals surface area contributed by atoms with Gasteiger partial charge in [0.1, 0.15) is 5.82 Å². The van der Waals surface area contributed by atoms with Crippen molar-refractivity contribution < 1.29 is 13.7 Å². The van der Waals surface area contributed by atoms with Gasteiger partial charge in [-0.1, -0.05) is 19.0 Å². The minimum Gasteiger partial charge on any atom is -0.348 e. The Morgan fingerprint density at radius 3 is 2.71 bits per heavy atom. The van der Waals surface area contributed by atoms with Crippen molar-refractivity contribution in [3.05, 3.63) is 47.4 Å². The first-order chi connectivity index (χ1) is 11.4. The zero-order valence-corrected chi connectivity index (χ0v) is 14.0. The monoisotopic (exact) mass is 332 g/mol. The normalized spacial score (nSPS) is 21.4. The average molecular weight is 332 g/mol. The summed E-state index contributed by atoms with van der Waals surface area (Å²) < 4.78 is 18.3. The lowest BCUT2D eigenvalue weighted by atomic mass is 10.1. The number of carbonyl (C=O) groups is 1. The molecule has 24 heavy (non-hydrogen) atoms. The first-order valence-electron chi connectivity index (χ1n) is 8.04. The third-order valence-electron chi connectivity index (χ3n) is 4.25. The van der Waals surface area contributed by atoms with E-state index >= 15 is 0 Å². The fourth-order valence-electron chi connectivity index (χ4n) is 2.88. The Morgan fingerprint density at radius 1 is 1.38 bits per heavy atom. The van der Waals surface area contributed by atoms with Crippen molar-refractivity contribution in [3.63, 3.8) is 0 Å². The standard InChI is InChI=1S/C17H21FN4O2/c1-10(2)15-20-17(24-21-15)14-8-13(9-22(14)3)19-16(23)11-4-6-12(18)7-5-11/h4-7,10,13-14H,8-9H2,1-3H3,(H,19,23). The summed E-state index contributed by atoms with van der Waals surface area (Å²) in [6, 6.07) is 5.49. The highest BCUT2D eigenvalue weighted by Gasteiger charge is 2.35. The summed E-state index contributed by atoms with van der Waals surface area (Å²) in [5, 5.41) is 6.98. The van der Waals surface area contributed by atoms with E-state index in [0.29, 0.717) is 30.2 Å². The first kappa shape index (κ1) is 16.6. The molecule has 1 aromatic carbocycles. The quantitative estimate of drug-likeness (QED) is 0.931. The zero-order valence-electron chi connectivity index (χ0n) is 14.0. The van der Waals surface area contributed by atoms with Crippen molar-refractivity contribution in [2.75, 3.05) is 13.6 Å². The Morgan fingerprint density at radius 2 is 2.08 bits per heavy atom. The van der Waals surface area contributed by atoms with E-state index in [1.807, 2.05) is 20.9 Å². The third-order valence-corrected chi connectivity index (χ3v) is 4.25. The van der Waals surface area contributed by atoms with Crippen molar-refractivity contribution >= 4 is 5.91 Å². The largest absolute Gasteiger partial charge is 0.348 e. The number of likely N-dealkylation sites (N-methyl/N-ethyl adjacent to an activating group) is 1. The lowest BCUT2D eigenvalue weighted by Crippen LogP contribution is -2.36. The highest BCUT2D eigenvalue weighted by Crippen LogP contribution is 2.30. The van der Waals surface area contributed by atoms with Gasteiger partial charge in [-0.2, -0.15) is 4.98 Å². The van der Waals surface area contributed by atoms with E-state index in [9.17, 15) is 9.18 Å². The van der Waals surface area contributed by atoms with Crippen LogP contribution < -0.4 is 5.32 Å². The van der Waals surface area contributed by atoms with Gasteiger partial charge >= 0.3 is 0 Å². The molecule has 3 rings (SSSR count). The molecule has 1 amide bonds. The fraction of sp³-hybridized carbons (Fsp3) is 0.471. The van der Waals surface area contributed by atoms with Gasteiger partial charge in [-0.25, -0.2) is 4.39 Å². The third kappa shape index (κ3) is 3.46. The van der Waals surface area contributed by atoms with Crippen LogP contribution in [0.3, 0.4) is 0 Å². The Bertz CT molecular complexity index is 714. The molecule has 6 nitrogen and oxygen atoms in total. The number of hydrogen-bond acceptors (Lipinski definition) is 5. The Hall–Kier alpha value is -2.28. The Balaban J connectivity index is 1.64. The molecule has 1 aromatic heterocycles. The lowest BCUT2D eigenvalue weighted by molar-refractivity contribution is 0.0938. The number of rotatable bonds is 4. The van der Waals surface area contributed by atoms with Gasteiger partial charge in [0.15, 0.2) is 5.82 Å². The van der Waals surface area contributed by atoms with Crippen LogP contribution in [0.4, 0.5) is 4.39 Å². The lowest BCUT2D eigenvalue weighted by Gasteiger charge is -2.14. The van der Waals surface area contributed by atoms with E-state index in [4.69, 9.17) is 4.52 Å². The molecule has 2 unspecified atom stereocenters. The van der Waals surface area contributed by atoms with Gasteiger partial charge in [0.2, 0.25) is 5.89 Å². The molecule has 2 atom stereocenters. The Kier molecular flexibility index (Phi) is 4.62. The molecule has 128 valence electrons. The molecule has 7 heteroatoms. The molecule has 0 saturated carbocycles. The molecule has 0 aliphatic carbocycles. The minimum atomic E-state index is -0.357. The summed E-state index contributed by atoms with van der Waals surface area (Å²) in [7, 11) is 1.97. The number of benzene rings is 1. The number of hydrogen-bond donors (Lipinski definition) is 1. The van der Waals surface area contributed by atoms with Crippen molar-refractivity contribution in [2.24, 2.45) is 0 Å². The predicted octanol–water partition coefficient (Wildman–Crippen LogP) is 2.51. The second-order valence-corrected chi connectivity index (χ2v) is 6.51. The molecule has 1 aliphatic rings. The van der Waals surface area contributed by atoms with E-state index in [2.05, 4.69) is 20.4 Å². The van der Waals surface area contributed by atoms with Crippen LogP contribution in [0.15, 0.2) is 28.8 Å². The number of amides is 1. The van der Waals surface area contributed by atoms with Crippen molar-refractivity contribution in [2.45, 2.75) is 38.3 Å². The van der Waals surface area contributed by atoms with E-state index < -0.39 is 0 Å². The second-order valence-electron chi connectivity index (χ2n) is 6.51. The summed E-state index contributed by atoms with van der Waals surface area (Å²) in [4.78, 5) is 18.8. The summed E-state index contributed by atoms with van der Waals surface area (Å²) in [5.41, 5.74) is 0.447. The topological polar surface area (TPSA) is 71.3 Å². The van der Waals surface area contributed by atoms with Crippen LogP contribution in [0.25, 0.3) is 0 Å². The molecule has 0 radical (unpaired) electrons. The van der Waals surface area contributed by atoms with Gasteiger partial charge in [-0.3, -0.25) is 9.69 Å². The number of halogens is 1. The maximum atomic E-state index is 12.9. The second kappa shape index (κ2) is 6.68. The molecule has 0 spiro atoms. The van der Waals surface area contributed by atoms with Crippen LogP contribution in [0.1, 0.15) is 54.3 Å². The number of nitrogens with one attached hydrogen (secondary N) is 1. The SMILES string of the molecule is CC(C)c1noc(C2CC(NC(=O)c3ccc(F)cc3)CN2C)n1. The average Bonchev–Trinajstić information content (AvgIpc) is 3.14. The molecule has 1 saturated heterocycles. The zero-order chi connectivity index (χ0) is 17.3. The van der Waals surface area contributed by atoms with E-state index in [0.717, 1.165) is 0 Å². The van der Waals surface area contributed by atoms with Crippen LogP contribution in [0.2, 0.25) is 0 Å². The van der Waals surface area contributed by atoms with Crippen LogP contribution in [-0.2, 0) is 0 Å². The van der Waals surface area contributed by atoms with Gasteiger partial charge in [-0.05, 0) is 37.7 Å². The predicted molar refractivity (Wildman–Crippen MR) is 86.0 cm³/mol. The number of nitrogens with zero attached hydrogens (tertiary/aromatic N) is 3. The molecule has 2 aromatic rings. The van der Waals surface area contributed by atoms with Gasteiger partial charge < -0.3 is 9.84 Å². The molecular formula is C17H21FN4O2. The van der Waals surface area contributed by atoms with Crippen LogP contribution >= 0.6 is 0 Å². The van der Waals surface area contributed by atoms with E-state index in [1.165, 1.54) is 24.3 Å². The number of carbonyl (C=O) groups excluding carboxylic acids is 1. The molecule has 0 bridgehead atoms. The summed E-state index contributed by atoms with van der Waals surface area (Å²) >= 11 is 0. The molecular weight excluding hydrogens is 311 g/mol.